The average Bonchev–Trinajstić information content (AvgIpc) is 2.54. The number of hydrogen-bond acceptors (Lipinski definition) is 3. The number of benzene rings is 1. The van der Waals surface area contributed by atoms with E-state index in [-0.39, 0.29) is 24.0 Å². The summed E-state index contributed by atoms with van der Waals surface area (Å²) < 4.78 is 0. The summed E-state index contributed by atoms with van der Waals surface area (Å²) in [6.45, 7) is 2.77. The molecule has 1 aromatic rings. The molecule has 0 aliphatic heterocycles. The molecule has 116 valence electrons. The van der Waals surface area contributed by atoms with Crippen LogP contribution in [0.15, 0.2) is 30.3 Å². The van der Waals surface area contributed by atoms with E-state index in [0.717, 1.165) is 18.5 Å². The molecule has 1 aliphatic carbocycles. The van der Waals surface area contributed by atoms with E-state index in [2.05, 4.69) is 10.6 Å². The highest BCUT2D eigenvalue weighted by Gasteiger charge is 2.31. The van der Waals surface area contributed by atoms with Crippen molar-refractivity contribution in [2.75, 3.05) is 18.5 Å². The zero-order chi connectivity index (χ0) is 15.1. The van der Waals surface area contributed by atoms with Crippen molar-refractivity contribution in [1.82, 2.24) is 5.32 Å². The van der Waals surface area contributed by atoms with Crippen LogP contribution >= 0.6 is 0 Å². The van der Waals surface area contributed by atoms with Gasteiger partial charge in [-0.1, -0.05) is 37.5 Å². The van der Waals surface area contributed by atoms with Gasteiger partial charge in [0.1, 0.15) is 0 Å². The SMILES string of the molecule is CC(NCC1(CO)CCCCC1)C(=O)Nc1ccccc1. The van der Waals surface area contributed by atoms with Crippen LogP contribution in [-0.2, 0) is 4.79 Å². The maximum Gasteiger partial charge on any atom is 0.241 e. The van der Waals surface area contributed by atoms with Gasteiger partial charge < -0.3 is 15.7 Å². The van der Waals surface area contributed by atoms with Gasteiger partial charge in [0, 0.05) is 24.3 Å². The number of hydrogen-bond donors (Lipinski definition) is 3. The largest absolute Gasteiger partial charge is 0.396 e. The molecular weight excluding hydrogens is 264 g/mol. The standard InChI is InChI=1S/C17H26N2O2/c1-14(16(21)19-15-8-4-2-5-9-15)18-12-17(13-20)10-6-3-7-11-17/h2,4-5,8-9,14,18,20H,3,6-7,10-13H2,1H3,(H,19,21). The Morgan fingerprint density at radius 1 is 1.24 bits per heavy atom. The smallest absolute Gasteiger partial charge is 0.241 e. The third kappa shape index (κ3) is 4.55. The minimum absolute atomic E-state index is 0.0369. The van der Waals surface area contributed by atoms with Crippen LogP contribution in [0.5, 0.6) is 0 Å². The predicted molar refractivity (Wildman–Crippen MR) is 85.1 cm³/mol. The molecule has 0 radical (unpaired) electrons. The van der Waals surface area contributed by atoms with E-state index in [1.807, 2.05) is 37.3 Å². The highest BCUT2D eigenvalue weighted by atomic mass is 16.3. The quantitative estimate of drug-likeness (QED) is 0.754. The second-order valence-electron chi connectivity index (χ2n) is 6.18. The fourth-order valence-electron chi connectivity index (χ4n) is 2.93. The van der Waals surface area contributed by atoms with Crippen LogP contribution in [0.4, 0.5) is 5.69 Å². The molecule has 1 atom stereocenters. The zero-order valence-corrected chi connectivity index (χ0v) is 12.8. The van der Waals surface area contributed by atoms with Crippen LogP contribution in [0.1, 0.15) is 39.0 Å². The molecule has 1 aliphatic rings. The van der Waals surface area contributed by atoms with E-state index < -0.39 is 0 Å². The second kappa shape index (κ2) is 7.57. The lowest BCUT2D eigenvalue weighted by Crippen LogP contribution is -2.46. The Balaban J connectivity index is 1.83. The van der Waals surface area contributed by atoms with Crippen LogP contribution < -0.4 is 10.6 Å². The number of aliphatic hydroxyl groups excluding tert-OH is 1. The summed E-state index contributed by atoms with van der Waals surface area (Å²) in [4.78, 5) is 12.1. The first kappa shape index (κ1) is 16.0. The number of nitrogens with one attached hydrogen (secondary N) is 2. The van der Waals surface area contributed by atoms with Crippen molar-refractivity contribution < 1.29 is 9.90 Å². The fraction of sp³-hybridized carbons (Fsp3) is 0.588. The van der Waals surface area contributed by atoms with Crippen LogP contribution in [0.2, 0.25) is 0 Å². The number of carbonyl (C=O) groups is 1. The third-order valence-corrected chi connectivity index (χ3v) is 4.47. The molecule has 0 bridgehead atoms. The van der Waals surface area contributed by atoms with Crippen molar-refractivity contribution in [3.05, 3.63) is 30.3 Å². The van der Waals surface area contributed by atoms with E-state index in [0.29, 0.717) is 6.54 Å². The van der Waals surface area contributed by atoms with Gasteiger partial charge in [-0.3, -0.25) is 4.79 Å². The second-order valence-corrected chi connectivity index (χ2v) is 6.18. The predicted octanol–water partition coefficient (Wildman–Crippen LogP) is 2.55. The number of anilines is 1. The summed E-state index contributed by atoms with van der Waals surface area (Å²) in [5, 5.41) is 15.9. The van der Waals surface area contributed by atoms with Gasteiger partial charge in [0.05, 0.1) is 6.04 Å². The van der Waals surface area contributed by atoms with E-state index in [1.165, 1.54) is 19.3 Å². The molecule has 0 heterocycles. The lowest BCUT2D eigenvalue weighted by molar-refractivity contribution is -0.118. The lowest BCUT2D eigenvalue weighted by Gasteiger charge is -2.36. The summed E-state index contributed by atoms with van der Waals surface area (Å²) in [5.74, 6) is -0.0369. The number of carbonyl (C=O) groups excluding carboxylic acids is 1. The maximum absolute atomic E-state index is 12.1. The van der Waals surface area contributed by atoms with E-state index in [1.54, 1.807) is 0 Å². The molecule has 1 saturated carbocycles. The van der Waals surface area contributed by atoms with Gasteiger partial charge in [-0.2, -0.15) is 0 Å². The molecule has 4 heteroatoms. The maximum atomic E-state index is 12.1. The van der Waals surface area contributed by atoms with Crippen molar-refractivity contribution in [2.45, 2.75) is 45.1 Å². The fourth-order valence-corrected chi connectivity index (χ4v) is 2.93. The van der Waals surface area contributed by atoms with Gasteiger partial charge in [-0.25, -0.2) is 0 Å². The minimum atomic E-state index is -0.268. The van der Waals surface area contributed by atoms with Gasteiger partial charge in [0.2, 0.25) is 5.91 Å². The van der Waals surface area contributed by atoms with Crippen LogP contribution in [0.3, 0.4) is 0 Å². The summed E-state index contributed by atoms with van der Waals surface area (Å²) in [7, 11) is 0. The molecule has 2 rings (SSSR count). The molecular formula is C17H26N2O2. The van der Waals surface area contributed by atoms with Crippen molar-refractivity contribution >= 4 is 11.6 Å². The first-order chi connectivity index (χ1) is 10.2. The normalized spacial score (nSPS) is 19.0. The molecule has 0 saturated heterocycles. The van der Waals surface area contributed by atoms with E-state index in [4.69, 9.17) is 0 Å². The molecule has 0 spiro atoms. The number of rotatable bonds is 6. The van der Waals surface area contributed by atoms with Gasteiger partial charge in [-0.05, 0) is 31.9 Å². The molecule has 0 aromatic heterocycles. The summed E-state index contributed by atoms with van der Waals surface area (Å²) in [6, 6.07) is 9.20. The highest BCUT2D eigenvalue weighted by Crippen LogP contribution is 2.35. The van der Waals surface area contributed by atoms with Gasteiger partial charge in [0.15, 0.2) is 0 Å². The summed E-state index contributed by atoms with van der Waals surface area (Å²) >= 11 is 0. The van der Waals surface area contributed by atoms with Gasteiger partial charge in [-0.15, -0.1) is 0 Å². The Hall–Kier alpha value is -1.39. The average molecular weight is 290 g/mol. The zero-order valence-electron chi connectivity index (χ0n) is 12.8. The van der Waals surface area contributed by atoms with Crippen molar-refractivity contribution in [3.8, 4) is 0 Å². The van der Waals surface area contributed by atoms with Gasteiger partial charge in [0.25, 0.3) is 0 Å². The van der Waals surface area contributed by atoms with Crippen LogP contribution in [-0.4, -0.2) is 30.2 Å². The Bertz CT molecular complexity index is 441. The van der Waals surface area contributed by atoms with Crippen LogP contribution in [0, 0.1) is 5.41 Å². The Morgan fingerprint density at radius 2 is 1.90 bits per heavy atom. The Kier molecular flexibility index (Phi) is 5.76. The number of aliphatic hydroxyl groups is 1. The van der Waals surface area contributed by atoms with Crippen molar-refractivity contribution in [2.24, 2.45) is 5.41 Å². The number of para-hydroxylation sites is 1. The first-order valence-corrected chi connectivity index (χ1v) is 7.85. The van der Waals surface area contributed by atoms with Crippen LogP contribution in [0.25, 0.3) is 0 Å². The van der Waals surface area contributed by atoms with Crippen molar-refractivity contribution in [1.29, 1.82) is 0 Å². The molecule has 4 nitrogen and oxygen atoms in total. The minimum Gasteiger partial charge on any atom is -0.396 e. The number of amides is 1. The molecule has 21 heavy (non-hydrogen) atoms. The molecule has 1 fully saturated rings. The molecule has 1 aromatic carbocycles. The van der Waals surface area contributed by atoms with Gasteiger partial charge >= 0.3 is 0 Å². The highest BCUT2D eigenvalue weighted by molar-refractivity contribution is 5.94. The van der Waals surface area contributed by atoms with Crippen molar-refractivity contribution in [3.63, 3.8) is 0 Å². The first-order valence-electron chi connectivity index (χ1n) is 7.85. The molecule has 1 amide bonds. The monoisotopic (exact) mass is 290 g/mol. The van der Waals surface area contributed by atoms with E-state index in [9.17, 15) is 9.90 Å². The third-order valence-electron chi connectivity index (χ3n) is 4.47. The summed E-state index contributed by atoms with van der Waals surface area (Å²) in [5.41, 5.74) is 0.769. The van der Waals surface area contributed by atoms with E-state index >= 15 is 0 Å². The lowest BCUT2D eigenvalue weighted by atomic mass is 9.74. The Morgan fingerprint density at radius 3 is 2.52 bits per heavy atom. The molecule has 1 unspecified atom stereocenters. The summed E-state index contributed by atoms with van der Waals surface area (Å²) in [6.07, 6.45) is 5.69. The Labute approximate surface area is 126 Å². The molecule has 3 N–H and O–H groups in total. The topological polar surface area (TPSA) is 61.4 Å².